The SMILES string of the molecule is COc1cc(C(C)(C)c2cnc(SCc3c(F)cc(C#CC[N+](C)(C)C)cc3F)n2-c2ccc(F)cc2)ccc1Cl.Cc1ccc(S(=O)(=O)[O-])cc1. The number of quaternary nitrogens is 1. The van der Waals surface area contributed by atoms with Gasteiger partial charge in [0.05, 0.1) is 50.1 Å². The molecule has 4 aromatic carbocycles. The number of rotatable bonds is 9. The van der Waals surface area contributed by atoms with Crippen LogP contribution in [-0.2, 0) is 21.3 Å². The van der Waals surface area contributed by atoms with E-state index in [9.17, 15) is 17.4 Å². The summed E-state index contributed by atoms with van der Waals surface area (Å²) in [5.41, 5.74) is 2.93. The number of methoxy groups -OCH3 is 1. The number of thioether (sulfide) groups is 1. The standard InChI is InChI=1S/C32H32ClF3N3OS.C7H8O3S/c1-32(2,22-9-14-26(33)29(18-22)40-6)30-19-37-31(38(30)24-12-10-23(34)11-13-24)41-20-25-27(35)16-21(17-28(25)36)8-7-15-39(3,4)5;1-6-2-4-7(5-3-6)11(8,9)10/h9-14,16-19H,15,20H2,1-6H3;2-5H,1H3,(H,8,9,10)/q+1;/p-1. The maximum atomic E-state index is 15.0. The maximum Gasteiger partial charge on any atom is 0.173 e. The molecule has 5 aromatic rings. The van der Waals surface area contributed by atoms with Crippen molar-refractivity contribution in [1.82, 2.24) is 9.55 Å². The number of imidazole rings is 1. The van der Waals surface area contributed by atoms with Crippen molar-refractivity contribution in [2.24, 2.45) is 0 Å². The summed E-state index contributed by atoms with van der Waals surface area (Å²) in [7, 11) is 3.26. The molecule has 0 unspecified atom stereocenters. The van der Waals surface area contributed by atoms with E-state index in [1.54, 1.807) is 43.6 Å². The molecule has 0 amide bonds. The number of hydrogen-bond acceptors (Lipinski definition) is 6. The van der Waals surface area contributed by atoms with Crippen molar-refractivity contribution in [1.29, 1.82) is 0 Å². The van der Waals surface area contributed by atoms with Crippen LogP contribution in [0.3, 0.4) is 0 Å². The van der Waals surface area contributed by atoms with E-state index in [4.69, 9.17) is 16.3 Å². The summed E-state index contributed by atoms with van der Waals surface area (Å²) in [6.45, 7) is 6.42. The summed E-state index contributed by atoms with van der Waals surface area (Å²) in [6, 6.07) is 19.9. The molecule has 0 atom stereocenters. The molecule has 0 aliphatic rings. The van der Waals surface area contributed by atoms with Gasteiger partial charge in [0.15, 0.2) is 5.16 Å². The van der Waals surface area contributed by atoms with Gasteiger partial charge in [-0.3, -0.25) is 4.57 Å². The van der Waals surface area contributed by atoms with Crippen molar-refractivity contribution in [3.05, 3.63) is 135 Å². The molecule has 1 heterocycles. The van der Waals surface area contributed by atoms with E-state index >= 15 is 8.78 Å². The van der Waals surface area contributed by atoms with E-state index in [2.05, 4.69) is 16.8 Å². The molecule has 0 saturated carbocycles. The summed E-state index contributed by atoms with van der Waals surface area (Å²) in [6.07, 6.45) is 1.73. The lowest BCUT2D eigenvalue weighted by atomic mass is 9.81. The minimum Gasteiger partial charge on any atom is -0.744 e. The van der Waals surface area contributed by atoms with Crippen LogP contribution in [0.5, 0.6) is 5.75 Å². The van der Waals surface area contributed by atoms with Crippen molar-refractivity contribution >= 4 is 33.5 Å². The monoisotopic (exact) mass is 769 g/mol. The molecule has 52 heavy (non-hydrogen) atoms. The number of ether oxygens (including phenoxy) is 1. The molecule has 7 nitrogen and oxygen atoms in total. The summed E-state index contributed by atoms with van der Waals surface area (Å²) in [4.78, 5) is 4.45. The van der Waals surface area contributed by atoms with E-state index in [0.29, 0.717) is 32.6 Å². The first-order chi connectivity index (χ1) is 24.3. The highest BCUT2D eigenvalue weighted by Crippen LogP contribution is 2.39. The van der Waals surface area contributed by atoms with Crippen molar-refractivity contribution in [2.45, 2.75) is 42.0 Å². The van der Waals surface area contributed by atoms with Crippen LogP contribution in [0.1, 0.15) is 41.8 Å². The van der Waals surface area contributed by atoms with Gasteiger partial charge in [0.2, 0.25) is 0 Å². The number of hydrogen-bond donors (Lipinski definition) is 0. The zero-order chi connectivity index (χ0) is 38.4. The lowest BCUT2D eigenvalue weighted by Gasteiger charge is -2.28. The predicted octanol–water partition coefficient (Wildman–Crippen LogP) is 8.53. The predicted molar refractivity (Wildman–Crippen MR) is 198 cm³/mol. The zero-order valence-electron chi connectivity index (χ0n) is 29.8. The molecular formula is C39H39ClF3N3O4S2. The van der Waals surface area contributed by atoms with E-state index in [-0.39, 0.29) is 27.6 Å². The van der Waals surface area contributed by atoms with Crippen molar-refractivity contribution in [2.75, 3.05) is 34.8 Å². The second-order valence-electron chi connectivity index (χ2n) is 13.4. The van der Waals surface area contributed by atoms with Crippen LogP contribution in [-0.4, -0.2) is 61.8 Å². The molecule has 0 bridgehead atoms. The Kier molecular flexibility index (Phi) is 12.9. The topological polar surface area (TPSA) is 84.2 Å². The van der Waals surface area contributed by atoms with Gasteiger partial charge in [0, 0.05) is 28.0 Å². The summed E-state index contributed by atoms with van der Waals surface area (Å²) < 4.78 is 83.0. The Morgan fingerprint density at radius 2 is 1.58 bits per heavy atom. The highest BCUT2D eigenvalue weighted by atomic mass is 35.5. The Morgan fingerprint density at radius 3 is 2.13 bits per heavy atom. The maximum absolute atomic E-state index is 15.0. The van der Waals surface area contributed by atoms with Gasteiger partial charge in [-0.25, -0.2) is 26.6 Å². The Bertz CT molecular complexity index is 2180. The molecular weight excluding hydrogens is 731 g/mol. The number of aromatic nitrogens is 2. The molecule has 0 radical (unpaired) electrons. The van der Waals surface area contributed by atoms with E-state index in [1.165, 1.54) is 48.2 Å². The highest BCUT2D eigenvalue weighted by Gasteiger charge is 2.30. The second-order valence-corrected chi connectivity index (χ2v) is 16.2. The van der Waals surface area contributed by atoms with Gasteiger partial charge in [-0.15, -0.1) is 0 Å². The average molecular weight is 770 g/mol. The van der Waals surface area contributed by atoms with Gasteiger partial charge in [-0.05, 0) is 79.1 Å². The van der Waals surface area contributed by atoms with Gasteiger partial charge in [0.25, 0.3) is 0 Å². The number of benzene rings is 4. The van der Waals surface area contributed by atoms with E-state index in [0.717, 1.165) is 16.8 Å². The molecule has 0 N–H and O–H groups in total. The Balaban J connectivity index is 0.000000470. The first kappa shape index (κ1) is 40.5. The average Bonchev–Trinajstić information content (AvgIpc) is 3.49. The fourth-order valence-electron chi connectivity index (χ4n) is 4.95. The molecule has 0 saturated heterocycles. The van der Waals surface area contributed by atoms with Crippen LogP contribution >= 0.6 is 23.4 Å². The largest absolute Gasteiger partial charge is 0.744 e. The molecule has 0 aliphatic carbocycles. The molecule has 0 spiro atoms. The number of aryl methyl sites for hydroxylation is 1. The van der Waals surface area contributed by atoms with Crippen molar-refractivity contribution in [3.8, 4) is 23.3 Å². The highest BCUT2D eigenvalue weighted by molar-refractivity contribution is 7.98. The van der Waals surface area contributed by atoms with E-state index < -0.39 is 27.2 Å². The summed E-state index contributed by atoms with van der Waals surface area (Å²) in [5, 5.41) is 0.996. The van der Waals surface area contributed by atoms with Crippen molar-refractivity contribution < 1.29 is 35.4 Å². The molecule has 0 aliphatic heterocycles. The third-order valence-electron chi connectivity index (χ3n) is 7.91. The van der Waals surface area contributed by atoms with Crippen LogP contribution in [0.25, 0.3) is 5.69 Å². The van der Waals surface area contributed by atoms with Crippen LogP contribution in [0.15, 0.2) is 95.1 Å². The quantitative estimate of drug-likeness (QED) is 0.0647. The Hall–Kier alpha value is -4.25. The van der Waals surface area contributed by atoms with Crippen LogP contribution < -0.4 is 4.74 Å². The molecule has 5 rings (SSSR count). The fraction of sp³-hybridized carbons (Fsp3) is 0.256. The second kappa shape index (κ2) is 16.6. The molecule has 13 heteroatoms. The molecule has 274 valence electrons. The van der Waals surface area contributed by atoms with Gasteiger partial charge < -0.3 is 13.8 Å². The smallest absolute Gasteiger partial charge is 0.173 e. The molecule has 0 fully saturated rings. The number of nitrogens with zero attached hydrogens (tertiary/aromatic N) is 3. The van der Waals surface area contributed by atoms with Gasteiger partial charge in [-0.2, -0.15) is 0 Å². The van der Waals surface area contributed by atoms with Gasteiger partial charge in [0.1, 0.15) is 39.9 Å². The Labute approximate surface area is 312 Å². The molecule has 1 aromatic heterocycles. The normalized spacial score (nSPS) is 11.7. The van der Waals surface area contributed by atoms with Crippen LogP contribution in [0.4, 0.5) is 13.2 Å². The third-order valence-corrected chi connectivity index (χ3v) is 10.1. The zero-order valence-corrected chi connectivity index (χ0v) is 32.2. The van der Waals surface area contributed by atoms with Crippen LogP contribution in [0, 0.1) is 36.2 Å². The number of halogens is 4. The van der Waals surface area contributed by atoms with Crippen LogP contribution in [0.2, 0.25) is 5.02 Å². The minimum absolute atomic E-state index is 0.00288. The third kappa shape index (κ3) is 10.4. The summed E-state index contributed by atoms with van der Waals surface area (Å²) in [5.74, 6) is 4.65. The lowest BCUT2D eigenvalue weighted by molar-refractivity contribution is -0.862. The Morgan fingerprint density at radius 1 is 0.962 bits per heavy atom. The fourth-order valence-corrected chi connectivity index (χ4v) is 6.62. The summed E-state index contributed by atoms with van der Waals surface area (Å²) >= 11 is 7.46. The minimum atomic E-state index is -4.27. The van der Waals surface area contributed by atoms with Gasteiger partial charge in [-0.1, -0.05) is 66.9 Å². The van der Waals surface area contributed by atoms with E-state index in [1.807, 2.05) is 58.6 Å². The van der Waals surface area contributed by atoms with Gasteiger partial charge >= 0.3 is 0 Å². The lowest BCUT2D eigenvalue weighted by Crippen LogP contribution is -2.34. The first-order valence-corrected chi connectivity index (χ1v) is 18.7. The van der Waals surface area contributed by atoms with Crippen molar-refractivity contribution in [3.63, 3.8) is 0 Å². The first-order valence-electron chi connectivity index (χ1n) is 15.9.